The van der Waals surface area contributed by atoms with Crippen LogP contribution in [-0.2, 0) is 0 Å². The Morgan fingerprint density at radius 3 is 2.92 bits per heavy atom. The van der Waals surface area contributed by atoms with Gasteiger partial charge in [-0.1, -0.05) is 17.7 Å². The molecule has 1 aromatic carbocycles. The number of anilines is 1. The van der Waals surface area contributed by atoms with E-state index in [1.54, 1.807) is 19.1 Å². The van der Waals surface area contributed by atoms with Crippen molar-refractivity contribution in [3.05, 3.63) is 51.3 Å². The minimum absolute atomic E-state index is 0.0102. The number of pyridine rings is 2. The van der Waals surface area contributed by atoms with Crippen LogP contribution in [0.15, 0.2) is 29.2 Å². The maximum absolute atomic E-state index is 13.9. The van der Waals surface area contributed by atoms with Gasteiger partial charge < -0.3 is 10.7 Å². The molecule has 3 aromatic heterocycles. The van der Waals surface area contributed by atoms with Crippen molar-refractivity contribution in [2.75, 3.05) is 5.73 Å². The smallest absolute Gasteiger partial charge is 0.272 e. The third kappa shape index (κ3) is 1.98. The Balaban J connectivity index is 2.21. The van der Waals surface area contributed by atoms with Gasteiger partial charge in [0.05, 0.1) is 17.2 Å². The Hall–Kier alpha value is -2.93. The van der Waals surface area contributed by atoms with Gasteiger partial charge in [0.2, 0.25) is 0 Å². The molecule has 8 heteroatoms. The largest absolute Gasteiger partial charge is 0.394 e. The number of nitrogens with zero attached hydrogens (tertiary/aromatic N) is 2. The second kappa shape index (κ2) is 5.04. The molecule has 0 amide bonds. The molecule has 6 nitrogen and oxygen atoms in total. The highest BCUT2D eigenvalue weighted by Crippen LogP contribution is 2.36. The molecular weight excluding hydrogens is 333 g/mol. The van der Waals surface area contributed by atoms with Gasteiger partial charge in [0.15, 0.2) is 0 Å². The molecule has 120 valence electrons. The summed E-state index contributed by atoms with van der Waals surface area (Å²) in [4.78, 5) is 19.3. The Kier molecular flexibility index (Phi) is 3.07. The van der Waals surface area contributed by atoms with Crippen LogP contribution in [0.4, 0.5) is 10.1 Å². The highest BCUT2D eigenvalue weighted by atomic mass is 35.5. The normalized spacial score (nSPS) is 11.5. The summed E-state index contributed by atoms with van der Waals surface area (Å²) in [5.74, 6) is -0.444. The zero-order chi connectivity index (χ0) is 17.0. The van der Waals surface area contributed by atoms with Crippen molar-refractivity contribution in [1.29, 1.82) is 0 Å². The predicted octanol–water partition coefficient (Wildman–Crippen LogP) is 3.15. The number of aryl methyl sites for hydroxylation is 1. The average molecular weight is 344 g/mol. The van der Waals surface area contributed by atoms with E-state index in [1.807, 2.05) is 0 Å². The first kappa shape index (κ1) is 14.6. The molecule has 24 heavy (non-hydrogen) atoms. The van der Waals surface area contributed by atoms with E-state index in [0.29, 0.717) is 32.7 Å². The molecule has 0 atom stereocenters. The van der Waals surface area contributed by atoms with Crippen LogP contribution in [0, 0.1) is 12.7 Å². The number of hydrogen-bond donors (Lipinski definition) is 3. The van der Waals surface area contributed by atoms with Crippen molar-refractivity contribution in [2.24, 2.45) is 0 Å². The summed E-state index contributed by atoms with van der Waals surface area (Å²) in [6.45, 7) is 1.79. The van der Waals surface area contributed by atoms with Gasteiger partial charge in [-0.05, 0) is 30.2 Å². The Labute approximate surface area is 139 Å². The maximum atomic E-state index is 13.9. The van der Waals surface area contributed by atoms with Gasteiger partial charge in [-0.25, -0.2) is 9.37 Å². The monoisotopic (exact) mass is 343 g/mol. The lowest BCUT2D eigenvalue weighted by atomic mass is 9.99. The van der Waals surface area contributed by atoms with Crippen LogP contribution in [0.3, 0.4) is 0 Å². The Morgan fingerprint density at radius 2 is 2.12 bits per heavy atom. The molecule has 0 unspecified atom stereocenters. The summed E-state index contributed by atoms with van der Waals surface area (Å²) in [5.41, 5.74) is 8.43. The number of aromatic amines is 2. The van der Waals surface area contributed by atoms with Gasteiger partial charge in [0.25, 0.3) is 5.56 Å². The summed E-state index contributed by atoms with van der Waals surface area (Å²) in [5, 5.41) is 7.29. The van der Waals surface area contributed by atoms with Crippen LogP contribution in [0.25, 0.3) is 33.1 Å². The van der Waals surface area contributed by atoms with Crippen LogP contribution < -0.4 is 11.3 Å². The summed E-state index contributed by atoms with van der Waals surface area (Å²) in [7, 11) is 0. The highest BCUT2D eigenvalue weighted by molar-refractivity contribution is 6.30. The molecule has 4 rings (SSSR count). The second-order valence-corrected chi connectivity index (χ2v) is 5.85. The number of nitrogens with one attached hydrogen (secondary N) is 2. The van der Waals surface area contributed by atoms with Crippen molar-refractivity contribution in [1.82, 2.24) is 20.2 Å². The second-order valence-electron chi connectivity index (χ2n) is 5.49. The lowest BCUT2D eigenvalue weighted by Gasteiger charge is -2.11. The molecular formula is C16H11ClFN5O. The third-order valence-electron chi connectivity index (χ3n) is 3.98. The number of nitrogens with two attached hydrogens (primary N) is 1. The molecule has 0 aliphatic carbocycles. The van der Waals surface area contributed by atoms with Gasteiger partial charge in [0, 0.05) is 10.9 Å². The molecule has 0 fully saturated rings. The van der Waals surface area contributed by atoms with E-state index in [2.05, 4.69) is 20.2 Å². The van der Waals surface area contributed by atoms with Crippen LogP contribution in [-0.4, -0.2) is 20.2 Å². The van der Waals surface area contributed by atoms with E-state index in [1.165, 1.54) is 12.3 Å². The fraction of sp³-hybridized carbons (Fsp3) is 0.0625. The summed E-state index contributed by atoms with van der Waals surface area (Å²) >= 11 is 6.14. The number of halogens is 2. The predicted molar refractivity (Wildman–Crippen MR) is 91.6 cm³/mol. The number of H-pyrrole nitrogens is 2. The van der Waals surface area contributed by atoms with Crippen molar-refractivity contribution >= 4 is 39.2 Å². The molecule has 0 saturated carbocycles. The summed E-state index contributed by atoms with van der Waals surface area (Å²) in [6.07, 6.45) is 1.48. The van der Waals surface area contributed by atoms with Gasteiger partial charge >= 0.3 is 0 Å². The number of benzene rings is 1. The first-order chi connectivity index (χ1) is 11.5. The minimum atomic E-state index is -0.444. The fourth-order valence-corrected chi connectivity index (χ4v) is 2.94. The first-order valence-corrected chi connectivity index (χ1v) is 7.45. The highest BCUT2D eigenvalue weighted by Gasteiger charge is 2.18. The number of aromatic nitrogens is 4. The molecule has 0 bridgehead atoms. The van der Waals surface area contributed by atoms with Crippen molar-refractivity contribution < 1.29 is 4.39 Å². The van der Waals surface area contributed by atoms with Crippen LogP contribution in [0.1, 0.15) is 5.56 Å². The summed E-state index contributed by atoms with van der Waals surface area (Å²) in [6, 6.07) is 4.57. The van der Waals surface area contributed by atoms with Crippen LogP contribution in [0.2, 0.25) is 5.15 Å². The van der Waals surface area contributed by atoms with E-state index in [0.717, 1.165) is 5.56 Å². The fourth-order valence-electron chi connectivity index (χ4n) is 2.80. The average Bonchev–Trinajstić information content (AvgIpc) is 3.03. The van der Waals surface area contributed by atoms with Crippen LogP contribution >= 0.6 is 11.6 Å². The molecule has 0 aliphatic heterocycles. The number of nitrogen functional groups attached to an aromatic ring is 1. The standard InChI is InChI=1S/C16H11ClFN5O/c1-6-4-10-14(22-15(6)17)11(12(19)16(24)21-10)7-2-3-9(18)13-8(7)5-20-23-13/h2-5H,19H2,1H3,(H,20,23)(H,21,24). The Morgan fingerprint density at radius 1 is 1.33 bits per heavy atom. The van der Waals surface area contributed by atoms with Gasteiger partial charge in [-0.15, -0.1) is 0 Å². The lowest BCUT2D eigenvalue weighted by Crippen LogP contribution is -2.14. The maximum Gasteiger partial charge on any atom is 0.272 e. The SMILES string of the molecule is Cc1cc2[nH]c(=O)c(N)c(-c3ccc(F)c4[nH]ncc34)c2nc1Cl. The number of hydrogen-bond acceptors (Lipinski definition) is 4. The van der Waals surface area contributed by atoms with E-state index >= 15 is 0 Å². The van der Waals surface area contributed by atoms with Gasteiger partial charge in [0.1, 0.15) is 22.2 Å². The molecule has 4 aromatic rings. The molecule has 0 radical (unpaired) electrons. The molecule has 3 heterocycles. The van der Waals surface area contributed by atoms with Gasteiger partial charge in [-0.2, -0.15) is 5.10 Å². The van der Waals surface area contributed by atoms with Crippen LogP contribution in [0.5, 0.6) is 0 Å². The summed E-state index contributed by atoms with van der Waals surface area (Å²) < 4.78 is 13.9. The topological polar surface area (TPSA) is 100 Å². The van der Waals surface area contributed by atoms with E-state index in [9.17, 15) is 9.18 Å². The number of rotatable bonds is 1. The van der Waals surface area contributed by atoms with E-state index in [-0.39, 0.29) is 11.2 Å². The van der Waals surface area contributed by atoms with Gasteiger partial charge in [-0.3, -0.25) is 9.89 Å². The zero-order valence-electron chi connectivity index (χ0n) is 12.4. The quantitative estimate of drug-likeness (QED) is 0.462. The third-order valence-corrected chi connectivity index (χ3v) is 4.37. The first-order valence-electron chi connectivity index (χ1n) is 7.08. The van der Waals surface area contributed by atoms with Crippen molar-refractivity contribution in [2.45, 2.75) is 6.92 Å². The van der Waals surface area contributed by atoms with E-state index in [4.69, 9.17) is 17.3 Å². The lowest BCUT2D eigenvalue weighted by molar-refractivity contribution is 0.636. The number of fused-ring (bicyclic) bond motifs is 2. The Bertz CT molecular complexity index is 1180. The zero-order valence-corrected chi connectivity index (χ0v) is 13.2. The molecule has 0 aliphatic rings. The minimum Gasteiger partial charge on any atom is -0.394 e. The van der Waals surface area contributed by atoms with Crippen molar-refractivity contribution in [3.8, 4) is 11.1 Å². The molecule has 4 N–H and O–H groups in total. The molecule has 0 saturated heterocycles. The van der Waals surface area contributed by atoms with E-state index < -0.39 is 11.4 Å². The molecule has 0 spiro atoms. The van der Waals surface area contributed by atoms with Crippen molar-refractivity contribution in [3.63, 3.8) is 0 Å².